The van der Waals surface area contributed by atoms with Gasteiger partial charge in [0.15, 0.2) is 11.0 Å². The molecule has 1 aromatic heterocycles. The highest BCUT2D eigenvalue weighted by Gasteiger charge is 2.21. The SMILES string of the molecule is C=CCn1c(SCC(=O)Nc2c(C)cc(Br)cc2C)nnc1[C@@H](C)NC(=O)c1ccccc1C. The lowest BCUT2D eigenvalue weighted by Gasteiger charge is -2.16. The van der Waals surface area contributed by atoms with Gasteiger partial charge in [-0.25, -0.2) is 0 Å². The highest BCUT2D eigenvalue weighted by molar-refractivity contribution is 9.10. The number of halogens is 1. The predicted molar refractivity (Wildman–Crippen MR) is 140 cm³/mol. The number of thioether (sulfide) groups is 1. The highest BCUT2D eigenvalue weighted by Crippen LogP contribution is 2.26. The zero-order chi connectivity index (χ0) is 24.8. The summed E-state index contributed by atoms with van der Waals surface area (Å²) in [7, 11) is 0. The maximum atomic E-state index is 12.7. The van der Waals surface area contributed by atoms with E-state index in [1.807, 2.05) is 62.6 Å². The van der Waals surface area contributed by atoms with Crippen LogP contribution in [0.2, 0.25) is 0 Å². The third kappa shape index (κ3) is 6.15. The average molecular weight is 543 g/mol. The molecule has 7 nitrogen and oxygen atoms in total. The standard InChI is InChI=1S/C25H28BrN5O2S/c1-6-11-31-23(18(5)27-24(33)20-10-8-7-9-15(20)2)29-30-25(31)34-14-21(32)28-22-16(3)12-19(26)13-17(22)4/h6-10,12-13,18H,1,11,14H2,2-5H3,(H,27,33)(H,28,32)/t18-/m1/s1. The maximum absolute atomic E-state index is 12.7. The molecule has 0 aliphatic carbocycles. The lowest BCUT2D eigenvalue weighted by atomic mass is 10.1. The molecule has 3 aromatic rings. The van der Waals surface area contributed by atoms with Crippen molar-refractivity contribution >= 4 is 45.2 Å². The van der Waals surface area contributed by atoms with Crippen LogP contribution in [0.5, 0.6) is 0 Å². The minimum atomic E-state index is -0.379. The van der Waals surface area contributed by atoms with Gasteiger partial charge >= 0.3 is 0 Å². The van der Waals surface area contributed by atoms with E-state index in [-0.39, 0.29) is 23.6 Å². The van der Waals surface area contributed by atoms with Crippen molar-refractivity contribution in [2.45, 2.75) is 45.4 Å². The second kappa shape index (κ2) is 11.5. The molecule has 3 rings (SSSR count). The fraction of sp³-hybridized carbons (Fsp3) is 0.280. The van der Waals surface area contributed by atoms with E-state index in [0.717, 1.165) is 26.9 Å². The van der Waals surface area contributed by atoms with Gasteiger partial charge in [0.1, 0.15) is 0 Å². The summed E-state index contributed by atoms with van der Waals surface area (Å²) < 4.78 is 2.84. The van der Waals surface area contributed by atoms with Crippen molar-refractivity contribution in [3.05, 3.63) is 81.6 Å². The number of rotatable bonds is 9. The van der Waals surface area contributed by atoms with E-state index in [1.165, 1.54) is 11.8 Å². The Bertz CT molecular complexity index is 1200. The van der Waals surface area contributed by atoms with Crippen molar-refractivity contribution in [1.82, 2.24) is 20.1 Å². The summed E-state index contributed by atoms with van der Waals surface area (Å²) in [5, 5.41) is 15.1. The van der Waals surface area contributed by atoms with Gasteiger partial charge in [-0.1, -0.05) is 52.0 Å². The van der Waals surface area contributed by atoms with Gasteiger partial charge in [-0.15, -0.1) is 16.8 Å². The molecule has 0 aliphatic heterocycles. The largest absolute Gasteiger partial charge is 0.342 e. The van der Waals surface area contributed by atoms with Crippen LogP contribution < -0.4 is 10.6 Å². The topological polar surface area (TPSA) is 88.9 Å². The Morgan fingerprint density at radius 1 is 1.15 bits per heavy atom. The van der Waals surface area contributed by atoms with Gasteiger partial charge in [0.2, 0.25) is 5.91 Å². The first kappa shape index (κ1) is 25.7. The zero-order valence-corrected chi connectivity index (χ0v) is 22.1. The van der Waals surface area contributed by atoms with Crippen molar-refractivity contribution in [2.24, 2.45) is 0 Å². The first-order valence-corrected chi connectivity index (χ1v) is 12.6. The molecule has 0 unspecified atom stereocenters. The molecule has 2 amide bonds. The Kier molecular flexibility index (Phi) is 8.68. The summed E-state index contributed by atoms with van der Waals surface area (Å²) in [6.45, 7) is 12.0. The van der Waals surface area contributed by atoms with E-state index in [1.54, 1.807) is 12.1 Å². The smallest absolute Gasteiger partial charge is 0.252 e. The predicted octanol–water partition coefficient (Wildman–Crippen LogP) is 5.37. The van der Waals surface area contributed by atoms with Crippen molar-refractivity contribution < 1.29 is 9.59 Å². The quantitative estimate of drug-likeness (QED) is 0.280. The van der Waals surface area contributed by atoms with E-state index in [9.17, 15) is 9.59 Å². The molecular weight excluding hydrogens is 514 g/mol. The first-order valence-electron chi connectivity index (χ1n) is 10.8. The second-order valence-corrected chi connectivity index (χ2v) is 9.86. The lowest BCUT2D eigenvalue weighted by molar-refractivity contribution is -0.113. The van der Waals surface area contributed by atoms with Crippen molar-refractivity contribution in [3.63, 3.8) is 0 Å². The van der Waals surface area contributed by atoms with Crippen LogP contribution in [0.3, 0.4) is 0 Å². The summed E-state index contributed by atoms with van der Waals surface area (Å²) >= 11 is 4.77. The number of nitrogens with zero attached hydrogens (tertiary/aromatic N) is 3. The third-order valence-corrected chi connectivity index (χ3v) is 6.70. The van der Waals surface area contributed by atoms with E-state index < -0.39 is 0 Å². The number of nitrogens with one attached hydrogen (secondary N) is 2. The lowest BCUT2D eigenvalue weighted by Crippen LogP contribution is -2.29. The number of aryl methyl sites for hydroxylation is 3. The van der Waals surface area contributed by atoms with Gasteiger partial charge in [-0.2, -0.15) is 0 Å². The van der Waals surface area contributed by atoms with E-state index in [4.69, 9.17) is 0 Å². The molecule has 2 N–H and O–H groups in total. The molecule has 2 aromatic carbocycles. The van der Waals surface area contributed by atoms with Crippen LogP contribution >= 0.6 is 27.7 Å². The molecule has 0 fully saturated rings. The monoisotopic (exact) mass is 541 g/mol. The summed E-state index contributed by atoms with van der Waals surface area (Å²) in [5.74, 6) is 0.472. The Morgan fingerprint density at radius 3 is 2.47 bits per heavy atom. The van der Waals surface area contributed by atoms with Crippen LogP contribution in [0, 0.1) is 20.8 Å². The molecule has 0 saturated carbocycles. The van der Waals surface area contributed by atoms with Gasteiger partial charge in [0, 0.05) is 22.3 Å². The molecule has 0 radical (unpaired) electrons. The number of hydrogen-bond acceptors (Lipinski definition) is 5. The summed E-state index contributed by atoms with van der Waals surface area (Å²) in [6, 6.07) is 11.0. The minimum absolute atomic E-state index is 0.130. The van der Waals surface area contributed by atoms with Gasteiger partial charge in [0.05, 0.1) is 11.8 Å². The van der Waals surface area contributed by atoms with Crippen molar-refractivity contribution in [1.29, 1.82) is 0 Å². The van der Waals surface area contributed by atoms with E-state index >= 15 is 0 Å². The van der Waals surface area contributed by atoms with Gasteiger partial charge in [-0.05, 0) is 62.6 Å². The molecule has 0 saturated heterocycles. The molecule has 0 spiro atoms. The number of allylic oxidation sites excluding steroid dienone is 1. The molecule has 178 valence electrons. The molecule has 0 aliphatic rings. The minimum Gasteiger partial charge on any atom is -0.342 e. The molecule has 34 heavy (non-hydrogen) atoms. The number of benzene rings is 2. The number of anilines is 1. The summed E-state index contributed by atoms with van der Waals surface area (Å²) in [5.41, 5.74) is 4.31. The van der Waals surface area contributed by atoms with Gasteiger partial charge in [-0.3, -0.25) is 9.59 Å². The number of amides is 2. The molecule has 0 bridgehead atoms. The van der Waals surface area contributed by atoms with Crippen LogP contribution in [0.25, 0.3) is 0 Å². The number of hydrogen-bond donors (Lipinski definition) is 2. The Hall–Kier alpha value is -2.91. The van der Waals surface area contributed by atoms with E-state index in [2.05, 4.69) is 43.3 Å². The second-order valence-electron chi connectivity index (χ2n) is 8.00. The summed E-state index contributed by atoms with van der Waals surface area (Å²) in [4.78, 5) is 25.4. The highest BCUT2D eigenvalue weighted by atomic mass is 79.9. The normalized spacial score (nSPS) is 11.7. The van der Waals surface area contributed by atoms with Crippen LogP contribution in [0.1, 0.15) is 45.8 Å². The Labute approximate surface area is 212 Å². The van der Waals surface area contributed by atoms with Crippen LogP contribution in [0.4, 0.5) is 5.69 Å². The van der Waals surface area contributed by atoms with Crippen molar-refractivity contribution in [3.8, 4) is 0 Å². The van der Waals surface area contributed by atoms with Gasteiger partial charge < -0.3 is 15.2 Å². The summed E-state index contributed by atoms with van der Waals surface area (Å²) in [6.07, 6.45) is 1.74. The van der Waals surface area contributed by atoms with Crippen LogP contribution in [0.15, 0.2) is 58.7 Å². The average Bonchev–Trinajstić information content (AvgIpc) is 3.18. The third-order valence-electron chi connectivity index (χ3n) is 5.28. The zero-order valence-electron chi connectivity index (χ0n) is 19.7. The first-order chi connectivity index (χ1) is 16.2. The Morgan fingerprint density at radius 2 is 1.82 bits per heavy atom. The fourth-order valence-corrected chi connectivity index (χ4v) is 5.05. The molecule has 1 heterocycles. The number of carbonyl (C=O) groups is 2. The van der Waals surface area contributed by atoms with Crippen LogP contribution in [-0.2, 0) is 11.3 Å². The maximum Gasteiger partial charge on any atom is 0.252 e. The van der Waals surface area contributed by atoms with Crippen molar-refractivity contribution in [2.75, 3.05) is 11.1 Å². The van der Waals surface area contributed by atoms with Crippen LogP contribution in [-0.4, -0.2) is 32.3 Å². The number of carbonyl (C=O) groups excluding carboxylic acids is 2. The van der Waals surface area contributed by atoms with E-state index in [0.29, 0.717) is 23.1 Å². The fourth-order valence-electron chi connectivity index (χ4n) is 3.61. The number of aromatic nitrogens is 3. The van der Waals surface area contributed by atoms with Gasteiger partial charge in [0.25, 0.3) is 5.91 Å². The Balaban J connectivity index is 1.70. The molecule has 1 atom stereocenters. The molecule has 9 heteroatoms. The molecular formula is C25H28BrN5O2S.